The fourth-order valence-electron chi connectivity index (χ4n) is 3.19. The molecule has 0 atom stereocenters. The molecule has 2 heterocycles. The summed E-state index contributed by atoms with van der Waals surface area (Å²) < 4.78 is 5.73. The third-order valence-corrected chi connectivity index (χ3v) is 5.34. The lowest BCUT2D eigenvalue weighted by atomic mass is 10.1. The standard InChI is InChI=1S/C21H24N4O2/c1-12-5-6-15(9-13(12)2)10-22-19(26)16-14(3)27-20-17(16)18(23-11-24-20)25-21(4)7-8-21/h5-6,9,11H,7-8,10H2,1-4H3,(H,22,26)(H,23,24,25). The maximum absolute atomic E-state index is 12.9. The summed E-state index contributed by atoms with van der Waals surface area (Å²) in [5.74, 6) is 1.03. The highest BCUT2D eigenvalue weighted by Crippen LogP contribution is 2.40. The number of hydrogen-bond acceptors (Lipinski definition) is 5. The van der Waals surface area contributed by atoms with Crippen molar-refractivity contribution in [3.05, 3.63) is 52.5 Å². The summed E-state index contributed by atoms with van der Waals surface area (Å²) in [7, 11) is 0. The van der Waals surface area contributed by atoms with E-state index in [1.165, 1.54) is 17.5 Å². The van der Waals surface area contributed by atoms with Crippen molar-refractivity contribution in [1.82, 2.24) is 15.3 Å². The molecule has 1 aliphatic rings. The molecule has 0 bridgehead atoms. The fraction of sp³-hybridized carbons (Fsp3) is 0.381. The van der Waals surface area contributed by atoms with Gasteiger partial charge in [-0.2, -0.15) is 0 Å². The second-order valence-corrected chi connectivity index (χ2v) is 7.72. The Morgan fingerprint density at radius 1 is 1.19 bits per heavy atom. The second-order valence-electron chi connectivity index (χ2n) is 7.72. The van der Waals surface area contributed by atoms with Crippen molar-refractivity contribution in [3.8, 4) is 0 Å². The van der Waals surface area contributed by atoms with E-state index in [0.29, 0.717) is 34.8 Å². The maximum atomic E-state index is 12.9. The molecule has 4 rings (SSSR count). The lowest BCUT2D eigenvalue weighted by molar-refractivity contribution is 0.0951. The molecule has 6 heteroatoms. The summed E-state index contributed by atoms with van der Waals surface area (Å²) in [5, 5.41) is 7.10. The van der Waals surface area contributed by atoms with Crippen molar-refractivity contribution in [2.24, 2.45) is 0 Å². The van der Waals surface area contributed by atoms with Crippen LogP contribution in [0.25, 0.3) is 11.1 Å². The highest BCUT2D eigenvalue weighted by Gasteiger charge is 2.38. The van der Waals surface area contributed by atoms with E-state index >= 15 is 0 Å². The van der Waals surface area contributed by atoms with Crippen LogP contribution in [0.1, 0.15) is 52.6 Å². The summed E-state index contributed by atoms with van der Waals surface area (Å²) >= 11 is 0. The SMILES string of the molecule is Cc1ccc(CNC(=O)c2c(C)oc3ncnc(NC4(C)CC4)c23)cc1C. The molecule has 1 fully saturated rings. The van der Waals surface area contributed by atoms with Crippen molar-refractivity contribution in [1.29, 1.82) is 0 Å². The van der Waals surface area contributed by atoms with Gasteiger partial charge < -0.3 is 15.1 Å². The zero-order valence-corrected chi connectivity index (χ0v) is 16.1. The van der Waals surface area contributed by atoms with E-state index < -0.39 is 0 Å². The van der Waals surface area contributed by atoms with Crippen LogP contribution in [-0.2, 0) is 6.54 Å². The van der Waals surface area contributed by atoms with Crippen molar-refractivity contribution in [2.75, 3.05) is 5.32 Å². The summed E-state index contributed by atoms with van der Waals surface area (Å²) in [6.07, 6.45) is 3.64. The zero-order valence-electron chi connectivity index (χ0n) is 16.1. The van der Waals surface area contributed by atoms with E-state index in [1.807, 2.05) is 6.07 Å². The Morgan fingerprint density at radius 2 is 1.96 bits per heavy atom. The Bertz CT molecular complexity index is 1030. The Kier molecular flexibility index (Phi) is 4.13. The second kappa shape index (κ2) is 6.37. The molecular weight excluding hydrogens is 340 g/mol. The number of nitrogens with one attached hydrogen (secondary N) is 2. The van der Waals surface area contributed by atoms with E-state index in [2.05, 4.69) is 53.5 Å². The van der Waals surface area contributed by atoms with Crippen LogP contribution in [0.15, 0.2) is 28.9 Å². The number of rotatable bonds is 5. The maximum Gasteiger partial charge on any atom is 0.255 e. The van der Waals surface area contributed by atoms with Crippen molar-refractivity contribution in [2.45, 2.75) is 52.6 Å². The number of furan rings is 1. The molecule has 1 aromatic carbocycles. The normalized spacial score (nSPS) is 15.0. The highest BCUT2D eigenvalue weighted by atomic mass is 16.3. The Morgan fingerprint density at radius 3 is 2.67 bits per heavy atom. The van der Waals surface area contributed by atoms with Gasteiger partial charge in [0.1, 0.15) is 17.9 Å². The number of hydrogen-bond donors (Lipinski definition) is 2. The minimum Gasteiger partial charge on any atom is -0.442 e. The van der Waals surface area contributed by atoms with Crippen molar-refractivity contribution >= 4 is 22.8 Å². The molecule has 0 aliphatic heterocycles. The van der Waals surface area contributed by atoms with Gasteiger partial charge in [0.15, 0.2) is 0 Å². The van der Waals surface area contributed by atoms with Crippen LogP contribution >= 0.6 is 0 Å². The van der Waals surface area contributed by atoms with E-state index in [0.717, 1.165) is 18.4 Å². The Balaban J connectivity index is 1.62. The number of aryl methyl sites for hydroxylation is 3. The van der Waals surface area contributed by atoms with Crippen LogP contribution in [0.5, 0.6) is 0 Å². The van der Waals surface area contributed by atoms with Crippen LogP contribution in [0.4, 0.5) is 5.82 Å². The van der Waals surface area contributed by atoms with Gasteiger partial charge in [0.2, 0.25) is 5.71 Å². The minimum absolute atomic E-state index is 0.0413. The average molecular weight is 364 g/mol. The summed E-state index contributed by atoms with van der Waals surface area (Å²) in [6.45, 7) is 8.54. The quantitative estimate of drug-likeness (QED) is 0.714. The van der Waals surface area contributed by atoms with Crippen molar-refractivity contribution in [3.63, 3.8) is 0 Å². The fourth-order valence-corrected chi connectivity index (χ4v) is 3.19. The van der Waals surface area contributed by atoms with Gasteiger partial charge >= 0.3 is 0 Å². The summed E-state index contributed by atoms with van der Waals surface area (Å²) in [6, 6.07) is 6.20. The lowest BCUT2D eigenvalue weighted by Crippen LogP contribution is -2.24. The molecule has 3 aromatic rings. The molecule has 1 aliphatic carbocycles. The molecule has 2 aromatic heterocycles. The molecule has 0 unspecified atom stereocenters. The number of carbonyl (C=O) groups excluding carboxylic acids is 1. The van der Waals surface area contributed by atoms with Gasteiger partial charge in [-0.3, -0.25) is 4.79 Å². The third-order valence-electron chi connectivity index (χ3n) is 5.34. The summed E-state index contributed by atoms with van der Waals surface area (Å²) in [4.78, 5) is 21.5. The van der Waals surface area contributed by atoms with E-state index in [9.17, 15) is 4.79 Å². The van der Waals surface area contributed by atoms with Gasteiger partial charge in [-0.1, -0.05) is 18.2 Å². The first kappa shape index (κ1) is 17.5. The van der Waals surface area contributed by atoms with Crippen LogP contribution < -0.4 is 10.6 Å². The highest BCUT2D eigenvalue weighted by molar-refractivity contribution is 6.10. The number of aromatic nitrogens is 2. The van der Waals surface area contributed by atoms with E-state index in [1.54, 1.807) is 6.92 Å². The molecule has 0 saturated heterocycles. The van der Waals surface area contributed by atoms with Crippen LogP contribution in [0, 0.1) is 20.8 Å². The Labute approximate surface area is 158 Å². The zero-order chi connectivity index (χ0) is 19.2. The smallest absolute Gasteiger partial charge is 0.255 e. The largest absolute Gasteiger partial charge is 0.442 e. The minimum atomic E-state index is -0.178. The number of nitrogens with zero attached hydrogens (tertiary/aromatic N) is 2. The first-order valence-corrected chi connectivity index (χ1v) is 9.23. The average Bonchev–Trinajstić information content (AvgIpc) is 3.24. The molecule has 6 nitrogen and oxygen atoms in total. The molecule has 27 heavy (non-hydrogen) atoms. The van der Waals surface area contributed by atoms with Crippen LogP contribution in [0.3, 0.4) is 0 Å². The van der Waals surface area contributed by atoms with Gasteiger partial charge in [0, 0.05) is 12.1 Å². The van der Waals surface area contributed by atoms with Gasteiger partial charge in [-0.05, 0) is 57.2 Å². The van der Waals surface area contributed by atoms with Gasteiger partial charge in [0.25, 0.3) is 5.91 Å². The first-order valence-electron chi connectivity index (χ1n) is 9.23. The first-order chi connectivity index (χ1) is 12.9. The molecular formula is C21H24N4O2. The number of anilines is 1. The molecule has 1 saturated carbocycles. The lowest BCUT2D eigenvalue weighted by Gasteiger charge is -2.13. The summed E-state index contributed by atoms with van der Waals surface area (Å²) in [5.41, 5.74) is 4.50. The van der Waals surface area contributed by atoms with Gasteiger partial charge in [0.05, 0.1) is 10.9 Å². The third kappa shape index (κ3) is 3.39. The monoisotopic (exact) mass is 364 g/mol. The molecule has 0 spiro atoms. The van der Waals surface area contributed by atoms with Crippen LogP contribution in [-0.4, -0.2) is 21.4 Å². The van der Waals surface area contributed by atoms with E-state index in [4.69, 9.17) is 4.42 Å². The number of fused-ring (bicyclic) bond motifs is 1. The molecule has 2 N–H and O–H groups in total. The van der Waals surface area contributed by atoms with Crippen LogP contribution in [0.2, 0.25) is 0 Å². The molecule has 0 radical (unpaired) electrons. The number of carbonyl (C=O) groups is 1. The number of amides is 1. The van der Waals surface area contributed by atoms with Gasteiger partial charge in [-0.25, -0.2) is 9.97 Å². The number of benzene rings is 1. The predicted octanol–water partition coefficient (Wildman–Crippen LogP) is 4.04. The van der Waals surface area contributed by atoms with Crippen molar-refractivity contribution < 1.29 is 9.21 Å². The molecule has 1 amide bonds. The topological polar surface area (TPSA) is 80.1 Å². The molecule has 140 valence electrons. The predicted molar refractivity (Wildman–Crippen MR) is 105 cm³/mol. The Hall–Kier alpha value is -2.89. The van der Waals surface area contributed by atoms with E-state index in [-0.39, 0.29) is 11.4 Å². The van der Waals surface area contributed by atoms with Gasteiger partial charge in [-0.15, -0.1) is 0 Å².